The summed E-state index contributed by atoms with van der Waals surface area (Å²) in [4.78, 5) is 12.8. The number of rotatable bonds is 7. The summed E-state index contributed by atoms with van der Waals surface area (Å²) >= 11 is 0. The van der Waals surface area contributed by atoms with Gasteiger partial charge >= 0.3 is 7.48 Å². The highest BCUT2D eigenvalue weighted by atomic mass is 16.5. The summed E-state index contributed by atoms with van der Waals surface area (Å²) < 4.78 is 11.7. The lowest BCUT2D eigenvalue weighted by molar-refractivity contribution is -0.0893. The van der Waals surface area contributed by atoms with E-state index >= 15 is 0 Å². The van der Waals surface area contributed by atoms with E-state index in [2.05, 4.69) is 4.81 Å². The maximum absolute atomic E-state index is 10.7. The van der Waals surface area contributed by atoms with Crippen molar-refractivity contribution in [2.24, 2.45) is 0 Å². The van der Waals surface area contributed by atoms with Gasteiger partial charge in [0.25, 0.3) is 7.41 Å². The molecule has 0 aromatic heterocycles. The second-order valence-corrected chi connectivity index (χ2v) is 7.39. The van der Waals surface area contributed by atoms with Gasteiger partial charge in [-0.3, -0.25) is 0 Å². The third-order valence-corrected chi connectivity index (χ3v) is 4.91. The number of hydrogen-bond acceptors (Lipinski definition) is 5. The van der Waals surface area contributed by atoms with Gasteiger partial charge in [0.2, 0.25) is 0 Å². The summed E-state index contributed by atoms with van der Waals surface area (Å²) in [7, 11) is 0.901. The van der Waals surface area contributed by atoms with Gasteiger partial charge < -0.3 is 24.1 Å². The van der Waals surface area contributed by atoms with Gasteiger partial charge in [-0.1, -0.05) is 29.7 Å². The summed E-state index contributed by atoms with van der Waals surface area (Å²) in [6, 6.07) is 8.14. The fourth-order valence-electron chi connectivity index (χ4n) is 2.44. The normalized spacial score (nSPS) is 19.8. The summed E-state index contributed by atoms with van der Waals surface area (Å²) in [5, 5.41) is 10.1. The van der Waals surface area contributed by atoms with Crippen molar-refractivity contribution in [2.75, 3.05) is 19.7 Å². The van der Waals surface area contributed by atoms with Crippen LogP contribution >= 0.6 is 0 Å². The van der Waals surface area contributed by atoms with E-state index in [1.807, 2.05) is 38.1 Å². The van der Waals surface area contributed by atoms with E-state index in [-0.39, 0.29) is 6.10 Å². The van der Waals surface area contributed by atoms with E-state index in [4.69, 9.17) is 9.39 Å². The first kappa shape index (κ1) is 19.2. The minimum Gasteiger partial charge on any atom is -0.427 e. The van der Waals surface area contributed by atoms with Gasteiger partial charge in [0.05, 0.1) is 30.1 Å². The molecule has 0 spiro atoms. The number of hydrogen-bond donors (Lipinski definition) is 1. The fraction of sp³-hybridized carbons (Fsp3) is 0.588. The molecule has 2 rings (SSSR count). The molecule has 7 heteroatoms. The quantitative estimate of drug-likeness (QED) is 0.569. The average molecular weight is 331 g/mol. The number of morpholine rings is 1. The van der Waals surface area contributed by atoms with Crippen LogP contribution in [0.15, 0.2) is 24.3 Å². The highest BCUT2D eigenvalue weighted by Crippen LogP contribution is 2.24. The molecule has 1 N–H and O–H groups in total. The van der Waals surface area contributed by atoms with E-state index in [1.54, 1.807) is 13.8 Å². The number of aliphatic hydroxyl groups is 1. The van der Waals surface area contributed by atoms with Crippen molar-refractivity contribution in [1.82, 2.24) is 4.81 Å². The minimum atomic E-state index is -0.912. The van der Waals surface area contributed by atoms with Gasteiger partial charge in [0.15, 0.2) is 0 Å². The van der Waals surface area contributed by atoms with Crippen LogP contribution in [0, 0.1) is 0 Å². The molecule has 0 amide bonds. The molecule has 5 nitrogen and oxygen atoms in total. The Balaban J connectivity index is 1.94. The number of ether oxygens (including phenoxy) is 1. The Labute approximate surface area is 145 Å². The molecule has 0 radical (unpaired) electrons. The number of carbonyl (C=O) groups excluding carboxylic acids is 1. The van der Waals surface area contributed by atoms with Crippen molar-refractivity contribution in [3.63, 3.8) is 0 Å². The molecule has 1 unspecified atom stereocenters. The maximum Gasteiger partial charge on any atom is 0.309 e. The third-order valence-electron chi connectivity index (χ3n) is 4.91. The van der Waals surface area contributed by atoms with Gasteiger partial charge in [-0.15, -0.1) is 0 Å². The van der Waals surface area contributed by atoms with Gasteiger partial charge in [-0.05, 0) is 33.3 Å². The largest absolute Gasteiger partial charge is 0.427 e. The van der Waals surface area contributed by atoms with Gasteiger partial charge in [0.1, 0.15) is 0 Å². The molecule has 130 valence electrons. The molecule has 1 fully saturated rings. The highest BCUT2D eigenvalue weighted by Gasteiger charge is 2.35. The summed E-state index contributed by atoms with van der Waals surface area (Å²) in [6.07, 6.45) is 0.939. The number of benzene rings is 1. The lowest BCUT2D eigenvalue weighted by atomic mass is 9.82. The standard InChI is InChI=1S/C17H27B2NO4/c1-16(2,22)17(3,4)24-19-14-7-5-13(6-8-14)15-11-20(18-12-21)9-10-23-15/h5-8,12,15,18-19,22H,9-11H2,1-4H3. The Bertz CT molecular complexity index is 543. The molecule has 0 saturated carbocycles. The van der Waals surface area contributed by atoms with Gasteiger partial charge in [-0.25, -0.2) is 0 Å². The monoisotopic (exact) mass is 331 g/mol. The van der Waals surface area contributed by atoms with Crippen molar-refractivity contribution >= 4 is 26.5 Å². The molecule has 1 aliphatic heterocycles. The SMILES string of the molecule is CC(C)(O)C(C)(C)OBc1ccc(C2CN(BC=O)CCO2)cc1. The molecule has 1 aliphatic rings. The Hall–Kier alpha value is -1.14. The molecule has 1 heterocycles. The van der Waals surface area contributed by atoms with Crippen LogP contribution in [0.3, 0.4) is 0 Å². The first-order valence-corrected chi connectivity index (χ1v) is 8.46. The van der Waals surface area contributed by atoms with Crippen molar-refractivity contribution in [3.05, 3.63) is 29.8 Å². The maximum atomic E-state index is 10.7. The summed E-state index contributed by atoms with van der Waals surface area (Å²) in [5.41, 5.74) is 0.617. The Kier molecular flexibility index (Phi) is 6.26. The molecule has 1 saturated heterocycles. The van der Waals surface area contributed by atoms with E-state index < -0.39 is 11.2 Å². The Morgan fingerprint density at radius 2 is 1.96 bits per heavy atom. The third kappa shape index (κ3) is 4.93. The Morgan fingerprint density at radius 1 is 1.29 bits per heavy atom. The van der Waals surface area contributed by atoms with Crippen molar-refractivity contribution < 1.29 is 19.3 Å². The smallest absolute Gasteiger partial charge is 0.309 e. The van der Waals surface area contributed by atoms with Crippen LogP contribution in [0.25, 0.3) is 0 Å². The van der Waals surface area contributed by atoms with Crippen molar-refractivity contribution in [3.8, 4) is 0 Å². The zero-order valence-electron chi connectivity index (χ0n) is 15.1. The van der Waals surface area contributed by atoms with Crippen LogP contribution in [-0.4, -0.2) is 61.9 Å². The molecule has 1 aromatic rings. The van der Waals surface area contributed by atoms with Crippen molar-refractivity contribution in [1.29, 1.82) is 0 Å². The van der Waals surface area contributed by atoms with E-state index in [9.17, 15) is 9.90 Å². The van der Waals surface area contributed by atoms with E-state index in [1.165, 1.54) is 0 Å². The first-order chi connectivity index (χ1) is 11.2. The first-order valence-electron chi connectivity index (χ1n) is 8.46. The average Bonchev–Trinajstić information content (AvgIpc) is 2.53. The van der Waals surface area contributed by atoms with Crippen LogP contribution in [-0.2, 0) is 14.2 Å². The van der Waals surface area contributed by atoms with Crippen LogP contribution in [0.4, 0.5) is 0 Å². The molecule has 1 atom stereocenters. The lowest BCUT2D eigenvalue weighted by Crippen LogP contribution is -2.49. The molecule has 0 bridgehead atoms. The topological polar surface area (TPSA) is 59.0 Å². The van der Waals surface area contributed by atoms with E-state index in [0.29, 0.717) is 21.5 Å². The van der Waals surface area contributed by atoms with Gasteiger partial charge in [0, 0.05) is 13.1 Å². The molecular formula is C17H27B2NO4. The Morgan fingerprint density at radius 3 is 2.54 bits per heavy atom. The van der Waals surface area contributed by atoms with Crippen LogP contribution < -0.4 is 5.46 Å². The fourth-order valence-corrected chi connectivity index (χ4v) is 2.44. The zero-order valence-corrected chi connectivity index (χ0v) is 15.1. The predicted octanol–water partition coefficient (Wildman–Crippen LogP) is 0.145. The molecule has 0 aliphatic carbocycles. The van der Waals surface area contributed by atoms with Crippen LogP contribution in [0.1, 0.15) is 39.4 Å². The lowest BCUT2D eigenvalue weighted by Gasteiger charge is -2.37. The second-order valence-electron chi connectivity index (χ2n) is 7.39. The summed E-state index contributed by atoms with van der Waals surface area (Å²) in [5.74, 6) is 0. The highest BCUT2D eigenvalue weighted by molar-refractivity contribution is 6.64. The van der Waals surface area contributed by atoms with Crippen LogP contribution in [0.5, 0.6) is 0 Å². The predicted molar refractivity (Wildman–Crippen MR) is 98.9 cm³/mol. The number of carbonyl (C=O) groups is 1. The van der Waals surface area contributed by atoms with Crippen molar-refractivity contribution in [2.45, 2.75) is 45.0 Å². The molecule has 1 aromatic carbocycles. The van der Waals surface area contributed by atoms with E-state index in [0.717, 1.165) is 30.3 Å². The molecular weight excluding hydrogens is 304 g/mol. The van der Waals surface area contributed by atoms with Gasteiger partial charge in [-0.2, -0.15) is 0 Å². The minimum absolute atomic E-state index is 0.00137. The second kappa shape index (κ2) is 7.83. The molecule has 24 heavy (non-hydrogen) atoms. The number of nitrogens with zero attached hydrogens (tertiary/aromatic N) is 1. The zero-order chi connectivity index (χ0) is 17.8. The van der Waals surface area contributed by atoms with Crippen LogP contribution in [0.2, 0.25) is 0 Å². The summed E-state index contributed by atoms with van der Waals surface area (Å²) in [6.45, 7) is 9.46.